The summed E-state index contributed by atoms with van der Waals surface area (Å²) in [6, 6.07) is 5.69. The molecule has 2 amide bonds. The Balaban J connectivity index is 2.57. The van der Waals surface area contributed by atoms with Gasteiger partial charge in [-0.25, -0.2) is 8.42 Å². The summed E-state index contributed by atoms with van der Waals surface area (Å²) < 4.78 is 22.8. The monoisotopic (exact) mass is 355 g/mol. The molecule has 0 radical (unpaired) electrons. The van der Waals surface area contributed by atoms with Gasteiger partial charge in [-0.05, 0) is 23.6 Å². The van der Waals surface area contributed by atoms with Crippen molar-refractivity contribution in [2.45, 2.75) is 31.3 Å². The number of likely N-dealkylation sites (N-methyl/N-ethyl adjacent to an activating group) is 1. The molecule has 0 aliphatic carbocycles. The zero-order valence-corrected chi connectivity index (χ0v) is 15.3. The van der Waals surface area contributed by atoms with Crippen LogP contribution in [0.4, 0.5) is 0 Å². The van der Waals surface area contributed by atoms with E-state index in [1.54, 1.807) is 19.2 Å². The van der Waals surface area contributed by atoms with Crippen LogP contribution in [0.25, 0.3) is 0 Å². The number of rotatable bonds is 7. The summed E-state index contributed by atoms with van der Waals surface area (Å²) in [6.07, 6.45) is 1.14. The van der Waals surface area contributed by atoms with E-state index in [-0.39, 0.29) is 29.2 Å². The number of carbonyl (C=O) groups is 2. The molecule has 0 fully saturated rings. The molecule has 0 aliphatic rings. The van der Waals surface area contributed by atoms with Crippen LogP contribution in [0.2, 0.25) is 0 Å². The van der Waals surface area contributed by atoms with Crippen molar-refractivity contribution >= 4 is 21.7 Å². The summed E-state index contributed by atoms with van der Waals surface area (Å²) >= 11 is 0. The fraction of sp³-hybridized carbons (Fsp3) is 0.500. The highest BCUT2D eigenvalue weighted by atomic mass is 32.2. The normalized spacial score (nSPS) is 12.8. The second-order valence-electron chi connectivity index (χ2n) is 6.15. The van der Waals surface area contributed by atoms with Crippen LogP contribution in [0.1, 0.15) is 19.4 Å². The first kappa shape index (κ1) is 20.1. The molecule has 1 atom stereocenters. The minimum Gasteiger partial charge on any atom is -0.346 e. The van der Waals surface area contributed by atoms with Gasteiger partial charge in [-0.1, -0.05) is 26.0 Å². The Morgan fingerprint density at radius 3 is 2.21 bits per heavy atom. The van der Waals surface area contributed by atoms with Crippen LogP contribution in [-0.4, -0.2) is 51.0 Å². The maximum Gasteiger partial charge on any atom is 0.242 e. The van der Waals surface area contributed by atoms with Crippen molar-refractivity contribution in [1.82, 2.24) is 10.2 Å². The molecule has 1 aromatic carbocycles. The number of nitrogens with two attached hydrogens (primary N) is 1. The Hall–Kier alpha value is -1.93. The molecule has 0 heterocycles. The number of benzene rings is 1. The summed E-state index contributed by atoms with van der Waals surface area (Å²) in [5.41, 5.74) is 6.50. The predicted octanol–water partition coefficient (Wildman–Crippen LogP) is 0.148. The van der Waals surface area contributed by atoms with Gasteiger partial charge in [0.25, 0.3) is 0 Å². The number of amides is 2. The molecule has 0 unspecified atom stereocenters. The Labute approximate surface area is 143 Å². The van der Waals surface area contributed by atoms with Crippen molar-refractivity contribution in [2.24, 2.45) is 11.7 Å². The van der Waals surface area contributed by atoms with Gasteiger partial charge in [0.15, 0.2) is 9.84 Å². The quantitative estimate of drug-likeness (QED) is 0.723. The molecule has 8 heteroatoms. The van der Waals surface area contributed by atoms with Gasteiger partial charge in [0.2, 0.25) is 11.8 Å². The van der Waals surface area contributed by atoms with Gasteiger partial charge in [-0.2, -0.15) is 0 Å². The first-order valence-corrected chi connectivity index (χ1v) is 9.47. The van der Waals surface area contributed by atoms with Crippen molar-refractivity contribution in [2.75, 3.05) is 19.8 Å². The molecule has 0 spiro atoms. The largest absolute Gasteiger partial charge is 0.346 e. The average Bonchev–Trinajstić information content (AvgIpc) is 2.50. The molecule has 0 saturated carbocycles. The lowest BCUT2D eigenvalue weighted by Gasteiger charge is -2.19. The van der Waals surface area contributed by atoms with Crippen LogP contribution in [0.15, 0.2) is 29.2 Å². The van der Waals surface area contributed by atoms with Crippen LogP contribution in [0.3, 0.4) is 0 Å². The van der Waals surface area contributed by atoms with E-state index in [1.807, 2.05) is 13.8 Å². The van der Waals surface area contributed by atoms with Gasteiger partial charge in [-0.15, -0.1) is 0 Å². The first-order chi connectivity index (χ1) is 11.0. The topological polar surface area (TPSA) is 110 Å². The maximum atomic E-state index is 12.0. The number of hydrogen-bond acceptors (Lipinski definition) is 5. The van der Waals surface area contributed by atoms with Gasteiger partial charge in [0.05, 0.1) is 17.5 Å². The van der Waals surface area contributed by atoms with Crippen LogP contribution >= 0.6 is 0 Å². The highest BCUT2D eigenvalue weighted by Crippen LogP contribution is 2.11. The molecule has 0 bridgehead atoms. The summed E-state index contributed by atoms with van der Waals surface area (Å²) in [5, 5.41) is 2.52. The van der Waals surface area contributed by atoms with E-state index in [4.69, 9.17) is 5.73 Å². The third-order valence-corrected chi connectivity index (χ3v) is 4.76. The highest BCUT2D eigenvalue weighted by molar-refractivity contribution is 7.90. The fourth-order valence-corrected chi connectivity index (χ4v) is 2.55. The Bertz CT molecular complexity index is 684. The highest BCUT2D eigenvalue weighted by Gasteiger charge is 2.18. The number of sulfone groups is 1. The average molecular weight is 355 g/mol. The van der Waals surface area contributed by atoms with Crippen LogP contribution in [-0.2, 0) is 26.0 Å². The molecular weight excluding hydrogens is 330 g/mol. The van der Waals surface area contributed by atoms with Crippen molar-refractivity contribution in [3.05, 3.63) is 29.8 Å². The molecule has 0 saturated heterocycles. The number of carbonyl (C=O) groups excluding carboxylic acids is 2. The number of hydrogen-bond donors (Lipinski definition) is 2. The summed E-state index contributed by atoms with van der Waals surface area (Å²) in [7, 11) is -1.63. The second-order valence-corrected chi connectivity index (χ2v) is 8.17. The molecular formula is C16H25N3O4S. The van der Waals surface area contributed by atoms with Crippen LogP contribution in [0, 0.1) is 5.92 Å². The van der Waals surface area contributed by atoms with E-state index in [2.05, 4.69) is 5.32 Å². The van der Waals surface area contributed by atoms with E-state index in [9.17, 15) is 18.0 Å². The lowest BCUT2D eigenvalue weighted by Crippen LogP contribution is -2.47. The third-order valence-electron chi connectivity index (χ3n) is 3.63. The van der Waals surface area contributed by atoms with Crippen molar-refractivity contribution in [3.8, 4) is 0 Å². The SMILES string of the molecule is CC(C)[C@H](N)C(=O)NCC(=O)N(C)Cc1ccc(S(C)(=O)=O)cc1. The van der Waals surface area contributed by atoms with Crippen molar-refractivity contribution < 1.29 is 18.0 Å². The smallest absolute Gasteiger partial charge is 0.242 e. The van der Waals surface area contributed by atoms with E-state index >= 15 is 0 Å². The fourth-order valence-electron chi connectivity index (χ4n) is 1.92. The van der Waals surface area contributed by atoms with Crippen LogP contribution < -0.4 is 11.1 Å². The number of nitrogens with one attached hydrogen (secondary N) is 1. The van der Waals surface area contributed by atoms with Gasteiger partial charge < -0.3 is 16.0 Å². The minimum atomic E-state index is -3.24. The zero-order valence-electron chi connectivity index (χ0n) is 14.4. The molecule has 1 rings (SSSR count). The van der Waals surface area contributed by atoms with Crippen LogP contribution in [0.5, 0.6) is 0 Å². The molecule has 0 aliphatic heterocycles. The molecule has 134 valence electrons. The van der Waals surface area contributed by atoms with Gasteiger partial charge in [0.1, 0.15) is 0 Å². The molecule has 7 nitrogen and oxygen atoms in total. The maximum absolute atomic E-state index is 12.0. The molecule has 0 aromatic heterocycles. The molecule has 1 aromatic rings. The Morgan fingerprint density at radius 2 is 1.75 bits per heavy atom. The van der Waals surface area contributed by atoms with Gasteiger partial charge >= 0.3 is 0 Å². The Kier molecular flexibility index (Phi) is 6.92. The summed E-state index contributed by atoms with van der Waals surface area (Å²) in [6.45, 7) is 3.85. The summed E-state index contributed by atoms with van der Waals surface area (Å²) in [4.78, 5) is 25.5. The van der Waals surface area contributed by atoms with E-state index in [0.29, 0.717) is 6.54 Å². The molecule has 24 heavy (non-hydrogen) atoms. The number of nitrogens with zero attached hydrogens (tertiary/aromatic N) is 1. The Morgan fingerprint density at radius 1 is 1.21 bits per heavy atom. The standard InChI is InChI=1S/C16H25N3O4S/c1-11(2)15(17)16(21)18-9-14(20)19(3)10-12-5-7-13(8-6-12)24(4,22)23/h5-8,11,15H,9-10,17H2,1-4H3,(H,18,21)/t15-/m0/s1. The zero-order chi connectivity index (χ0) is 18.5. The first-order valence-electron chi connectivity index (χ1n) is 7.58. The minimum absolute atomic E-state index is 0.00816. The van der Waals surface area contributed by atoms with E-state index in [0.717, 1.165) is 11.8 Å². The van der Waals surface area contributed by atoms with E-state index in [1.165, 1.54) is 17.0 Å². The molecule has 3 N–H and O–H groups in total. The third kappa shape index (κ3) is 5.93. The van der Waals surface area contributed by atoms with Gasteiger partial charge in [-0.3, -0.25) is 9.59 Å². The van der Waals surface area contributed by atoms with Crippen molar-refractivity contribution in [3.63, 3.8) is 0 Å². The second kappa shape index (κ2) is 8.25. The predicted molar refractivity (Wildman–Crippen MR) is 91.8 cm³/mol. The lowest BCUT2D eigenvalue weighted by atomic mass is 10.1. The van der Waals surface area contributed by atoms with E-state index < -0.39 is 15.9 Å². The lowest BCUT2D eigenvalue weighted by molar-refractivity contribution is -0.132. The van der Waals surface area contributed by atoms with Crippen molar-refractivity contribution in [1.29, 1.82) is 0 Å². The van der Waals surface area contributed by atoms with Gasteiger partial charge in [0, 0.05) is 19.8 Å². The summed E-state index contributed by atoms with van der Waals surface area (Å²) in [5.74, 6) is -0.623.